The molecule has 1 aliphatic rings. The lowest BCUT2D eigenvalue weighted by molar-refractivity contribution is -0.140. The summed E-state index contributed by atoms with van der Waals surface area (Å²) in [4.78, 5) is 11.9. The van der Waals surface area contributed by atoms with E-state index in [2.05, 4.69) is 201 Å². The molecule has 4 aromatic rings. The van der Waals surface area contributed by atoms with Crippen LogP contribution in [-0.4, -0.2) is 41.4 Å². The van der Waals surface area contributed by atoms with Crippen LogP contribution in [0.2, 0.25) is 10.1 Å². The van der Waals surface area contributed by atoms with Gasteiger partial charge in [-0.15, -0.1) is 0 Å². The minimum Gasteiger partial charge on any atom is -0.469 e. The lowest BCUT2D eigenvalue weighted by Gasteiger charge is -2.48. The highest BCUT2D eigenvalue weighted by Crippen LogP contribution is 2.47. The Labute approximate surface area is 371 Å². The van der Waals surface area contributed by atoms with Crippen LogP contribution in [0.3, 0.4) is 0 Å². The van der Waals surface area contributed by atoms with E-state index in [4.69, 9.17) is 20.2 Å². The van der Waals surface area contributed by atoms with Crippen molar-refractivity contribution >= 4 is 43.4 Å². The average Bonchev–Trinajstić information content (AvgIpc) is 3.55. The van der Waals surface area contributed by atoms with Crippen LogP contribution >= 0.6 is 0 Å². The van der Waals surface area contributed by atoms with Crippen molar-refractivity contribution in [2.24, 2.45) is 11.8 Å². The second-order valence-corrected chi connectivity index (χ2v) is 27.9. The van der Waals surface area contributed by atoms with E-state index >= 15 is 0 Å². The van der Waals surface area contributed by atoms with E-state index in [9.17, 15) is 4.79 Å². The molecule has 326 valence electrons. The highest BCUT2D eigenvalue weighted by molar-refractivity contribution is 7.00. The van der Waals surface area contributed by atoms with Gasteiger partial charge >= 0.3 is 5.97 Å². The van der Waals surface area contributed by atoms with Crippen LogP contribution in [0.25, 0.3) is 0 Å². The van der Waals surface area contributed by atoms with Crippen LogP contribution in [0.15, 0.2) is 158 Å². The van der Waals surface area contributed by atoms with Gasteiger partial charge in [-0.3, -0.25) is 4.79 Å². The first-order chi connectivity index (χ1) is 29.1. The third kappa shape index (κ3) is 11.3. The Hall–Kier alpha value is -4.08. The van der Waals surface area contributed by atoms with Crippen LogP contribution < -0.4 is 20.7 Å². The number of hydrogen-bond acceptors (Lipinski definition) is 4. The maximum absolute atomic E-state index is 11.9. The number of carbonyl (C=O) groups excluding carboxylic acids is 1. The zero-order chi connectivity index (χ0) is 44.2. The van der Waals surface area contributed by atoms with Gasteiger partial charge in [0, 0.05) is 12.3 Å². The predicted molar refractivity (Wildman–Crippen MR) is 263 cm³/mol. The molecule has 1 aliphatic carbocycles. The number of rotatable bonds is 20. The molecule has 6 heteroatoms. The van der Waals surface area contributed by atoms with E-state index < -0.39 is 22.2 Å². The number of benzene rings is 4. The molecule has 0 heterocycles. The maximum atomic E-state index is 11.9. The largest absolute Gasteiger partial charge is 0.469 e. The number of allylic oxidation sites excluding steroid dienone is 3. The number of unbranched alkanes of at least 4 members (excludes halogenated alkanes) is 3. The lowest BCUT2D eigenvalue weighted by atomic mass is 9.87. The topological polar surface area (TPSA) is 44.8 Å². The quantitative estimate of drug-likeness (QED) is 0.0384. The third-order valence-electron chi connectivity index (χ3n) is 12.9. The summed E-state index contributed by atoms with van der Waals surface area (Å²) in [6, 6.07) is 44.1. The molecule has 4 nitrogen and oxygen atoms in total. The van der Waals surface area contributed by atoms with Gasteiger partial charge in [0.05, 0.1) is 18.8 Å². The number of esters is 1. The van der Waals surface area contributed by atoms with Crippen molar-refractivity contribution in [1.82, 2.24) is 0 Å². The van der Waals surface area contributed by atoms with E-state index in [-0.39, 0.29) is 34.0 Å². The van der Waals surface area contributed by atoms with Crippen molar-refractivity contribution in [2.75, 3.05) is 7.11 Å². The molecule has 0 radical (unpaired) electrons. The summed E-state index contributed by atoms with van der Waals surface area (Å²) in [6.45, 7) is 23.6. The SMILES string of the molecule is C=C1C[C@H](O[Si](c2ccccc2)(c2ccccc2)C(C)(C)C)[C@H](C/C=C\CCCC(=O)OC)[C@H]1/C=C/C(C)(CCCCC)O[Si](c1ccccc1)(c1ccccc1)C(C)(C)C. The molecular formula is C55H74O4Si2. The fourth-order valence-electron chi connectivity index (χ4n) is 9.74. The van der Waals surface area contributed by atoms with Crippen molar-refractivity contribution in [3.8, 4) is 0 Å². The molecule has 4 aromatic carbocycles. The van der Waals surface area contributed by atoms with Gasteiger partial charge in [0.25, 0.3) is 16.6 Å². The molecule has 0 bridgehead atoms. The second kappa shape index (κ2) is 21.3. The van der Waals surface area contributed by atoms with Gasteiger partial charge in [-0.05, 0) is 75.8 Å². The summed E-state index contributed by atoms with van der Waals surface area (Å²) < 4.78 is 20.9. The molecule has 0 N–H and O–H groups in total. The van der Waals surface area contributed by atoms with Gasteiger partial charge in [-0.2, -0.15) is 0 Å². The Morgan fingerprint density at radius 2 is 1.16 bits per heavy atom. The molecule has 1 saturated carbocycles. The zero-order valence-corrected chi connectivity index (χ0v) is 40.8. The average molecular weight is 855 g/mol. The van der Waals surface area contributed by atoms with E-state index in [1.54, 1.807) is 0 Å². The number of ether oxygens (including phenoxy) is 1. The fourth-order valence-corrected chi connectivity index (χ4v) is 19.3. The molecular weight excluding hydrogens is 781 g/mol. The summed E-state index contributed by atoms with van der Waals surface area (Å²) in [5, 5.41) is 4.87. The van der Waals surface area contributed by atoms with Crippen LogP contribution in [0.1, 0.15) is 113 Å². The van der Waals surface area contributed by atoms with Crippen LogP contribution in [0.5, 0.6) is 0 Å². The Balaban J connectivity index is 1.61. The summed E-state index contributed by atoms with van der Waals surface area (Å²) >= 11 is 0. The molecule has 0 aliphatic heterocycles. The molecule has 0 saturated heterocycles. The summed E-state index contributed by atoms with van der Waals surface area (Å²) in [5.41, 5.74) is 0.677. The van der Waals surface area contributed by atoms with Crippen LogP contribution in [0, 0.1) is 11.8 Å². The monoisotopic (exact) mass is 855 g/mol. The third-order valence-corrected chi connectivity index (χ3v) is 23.1. The molecule has 0 aromatic heterocycles. The first kappa shape index (κ1) is 48.0. The summed E-state index contributed by atoms with van der Waals surface area (Å²) in [6.07, 6.45) is 17.4. The summed E-state index contributed by atoms with van der Waals surface area (Å²) in [5.74, 6) is 0.0953. The second-order valence-electron chi connectivity index (χ2n) is 19.4. The van der Waals surface area contributed by atoms with E-state index in [0.717, 1.165) is 51.4 Å². The molecule has 4 atom stereocenters. The van der Waals surface area contributed by atoms with Gasteiger partial charge in [0.1, 0.15) is 0 Å². The highest BCUT2D eigenvalue weighted by atomic mass is 28.4. The molecule has 61 heavy (non-hydrogen) atoms. The van der Waals surface area contributed by atoms with Crippen LogP contribution in [-0.2, 0) is 18.4 Å². The first-order valence-electron chi connectivity index (χ1n) is 22.8. The lowest BCUT2D eigenvalue weighted by Crippen LogP contribution is -2.69. The maximum Gasteiger partial charge on any atom is 0.305 e. The van der Waals surface area contributed by atoms with Gasteiger partial charge in [-0.25, -0.2) is 0 Å². The molecule has 1 fully saturated rings. The Morgan fingerprint density at radius 1 is 0.689 bits per heavy atom. The van der Waals surface area contributed by atoms with Crippen molar-refractivity contribution in [3.63, 3.8) is 0 Å². The molecule has 0 amide bonds. The minimum atomic E-state index is -2.88. The van der Waals surface area contributed by atoms with Gasteiger partial charge in [0.2, 0.25) is 0 Å². The molecule has 0 spiro atoms. The fraction of sp³-hybridized carbons (Fsp3) is 0.436. The molecule has 5 rings (SSSR count). The van der Waals surface area contributed by atoms with Crippen molar-refractivity contribution in [1.29, 1.82) is 0 Å². The van der Waals surface area contributed by atoms with Crippen molar-refractivity contribution in [3.05, 3.63) is 158 Å². The van der Waals surface area contributed by atoms with Crippen LogP contribution in [0.4, 0.5) is 0 Å². The highest BCUT2D eigenvalue weighted by Gasteiger charge is 2.55. The number of hydrogen-bond donors (Lipinski definition) is 0. The Bertz CT molecular complexity index is 1940. The molecule has 1 unspecified atom stereocenters. The minimum absolute atomic E-state index is 0.0443. The van der Waals surface area contributed by atoms with E-state index in [0.29, 0.717) is 6.42 Å². The standard InChI is InChI=1S/C55H74O4Si2/c1-11-12-29-41-55(9,59-61(54(6,7)8,47-34-23-17-24-35-47)48-36-25-18-26-37-48)42-40-49-44(2)43-51(50(49)38-27-13-14-28-39-52(56)57-10)58-60(53(3,4)5,45-30-19-15-20-31-45)46-32-21-16-22-33-46/h13,15-27,30-37,40,42,49-51H,2,11-12,14,28-29,38-39,41,43H2,1,3-10H3/b27-13-,42-40+/t49-,50+,51-,55?/m0/s1. The van der Waals surface area contributed by atoms with Gasteiger partial charge in [-0.1, -0.05) is 226 Å². The Morgan fingerprint density at radius 3 is 1.61 bits per heavy atom. The first-order valence-corrected chi connectivity index (χ1v) is 26.6. The zero-order valence-electron chi connectivity index (χ0n) is 38.8. The van der Waals surface area contributed by atoms with Gasteiger partial charge in [0.15, 0.2) is 0 Å². The summed E-state index contributed by atoms with van der Waals surface area (Å²) in [7, 11) is -4.28. The smallest absolute Gasteiger partial charge is 0.305 e. The van der Waals surface area contributed by atoms with E-state index in [1.807, 2.05) is 0 Å². The van der Waals surface area contributed by atoms with Crippen molar-refractivity contribution in [2.45, 2.75) is 135 Å². The number of methoxy groups -OCH3 is 1. The number of carbonyl (C=O) groups is 1. The predicted octanol–water partition coefficient (Wildman–Crippen LogP) is 11.9. The normalized spacial score (nSPS) is 18.8. The van der Waals surface area contributed by atoms with E-state index in [1.165, 1.54) is 33.4 Å². The van der Waals surface area contributed by atoms with Gasteiger partial charge < -0.3 is 13.6 Å². The van der Waals surface area contributed by atoms with Crippen molar-refractivity contribution < 1.29 is 18.4 Å². The Kier molecular flexibility index (Phi) is 16.8.